The van der Waals surface area contributed by atoms with Crippen LogP contribution in [0.4, 0.5) is 11.5 Å². The minimum absolute atomic E-state index is 0.810. The molecule has 24 heavy (non-hydrogen) atoms. The first-order chi connectivity index (χ1) is 11.8. The summed E-state index contributed by atoms with van der Waals surface area (Å²) in [6.07, 6.45) is 1.91. The predicted molar refractivity (Wildman–Crippen MR) is 101 cm³/mol. The average molecular weight is 332 g/mol. The van der Waals surface area contributed by atoms with Crippen molar-refractivity contribution >= 4 is 32.9 Å². The third-order valence-corrected chi connectivity index (χ3v) is 4.81. The van der Waals surface area contributed by atoms with E-state index < -0.39 is 0 Å². The molecule has 0 spiro atoms. The van der Waals surface area contributed by atoms with Gasteiger partial charge in [0.15, 0.2) is 0 Å². The number of para-hydroxylation sites is 1. The second-order valence-electron chi connectivity index (χ2n) is 5.52. The first kappa shape index (κ1) is 14.7. The van der Waals surface area contributed by atoms with Gasteiger partial charge in [0.1, 0.15) is 17.3 Å². The summed E-state index contributed by atoms with van der Waals surface area (Å²) in [5, 5.41) is 6.65. The fraction of sp³-hybridized carbons (Fsp3) is 0.0500. The van der Waals surface area contributed by atoms with Crippen molar-refractivity contribution in [2.75, 3.05) is 5.32 Å². The summed E-state index contributed by atoms with van der Waals surface area (Å²) in [6.45, 7) is 2.09. The molecule has 4 rings (SSSR count). The number of nitrogens with one attached hydrogen (secondary N) is 1. The van der Waals surface area contributed by atoms with Crippen molar-refractivity contribution in [2.24, 2.45) is 0 Å². The molecular formula is C20H16N2OS. The van der Waals surface area contributed by atoms with Crippen LogP contribution in [0.1, 0.15) is 5.56 Å². The largest absolute Gasteiger partial charge is 0.457 e. The van der Waals surface area contributed by atoms with Crippen molar-refractivity contribution in [3.05, 3.63) is 77.8 Å². The van der Waals surface area contributed by atoms with E-state index in [-0.39, 0.29) is 0 Å². The maximum absolute atomic E-state index is 5.82. The summed E-state index contributed by atoms with van der Waals surface area (Å²) in [5.74, 6) is 2.52. The number of anilines is 2. The van der Waals surface area contributed by atoms with Gasteiger partial charge in [0.05, 0.1) is 0 Å². The molecule has 4 heteroatoms. The number of aryl methyl sites for hydroxylation is 1. The van der Waals surface area contributed by atoms with Crippen LogP contribution in [0.25, 0.3) is 10.1 Å². The third-order valence-electron chi connectivity index (χ3n) is 3.76. The predicted octanol–water partition coefficient (Wildman–Crippen LogP) is 6.14. The first-order valence-electron chi connectivity index (χ1n) is 7.72. The highest BCUT2D eigenvalue weighted by Crippen LogP contribution is 2.31. The van der Waals surface area contributed by atoms with Gasteiger partial charge in [0.25, 0.3) is 0 Å². The highest BCUT2D eigenvalue weighted by Gasteiger charge is 2.07. The van der Waals surface area contributed by atoms with Crippen molar-refractivity contribution in [3.63, 3.8) is 0 Å². The molecule has 0 radical (unpaired) electrons. The molecule has 0 aliphatic carbocycles. The van der Waals surface area contributed by atoms with Crippen molar-refractivity contribution in [1.29, 1.82) is 0 Å². The molecule has 3 nitrogen and oxygen atoms in total. The van der Waals surface area contributed by atoms with Crippen LogP contribution in [-0.2, 0) is 0 Å². The second kappa shape index (κ2) is 6.34. The normalized spacial score (nSPS) is 10.7. The van der Waals surface area contributed by atoms with Gasteiger partial charge in [-0.3, -0.25) is 0 Å². The molecule has 0 fully saturated rings. The van der Waals surface area contributed by atoms with Gasteiger partial charge in [-0.05, 0) is 60.3 Å². The van der Waals surface area contributed by atoms with Crippen molar-refractivity contribution in [3.8, 4) is 11.5 Å². The molecule has 0 atom stereocenters. The highest BCUT2D eigenvalue weighted by atomic mass is 32.1. The van der Waals surface area contributed by atoms with E-state index in [0.29, 0.717) is 0 Å². The van der Waals surface area contributed by atoms with E-state index in [1.807, 2.05) is 60.8 Å². The SMILES string of the molecule is Cc1cnc(Nc2ccc(Oc3ccccc3)cc2)c2ccsc12. The van der Waals surface area contributed by atoms with Gasteiger partial charge in [0.2, 0.25) is 0 Å². The number of benzene rings is 2. The topological polar surface area (TPSA) is 34.2 Å². The maximum Gasteiger partial charge on any atom is 0.139 e. The molecule has 2 aromatic heterocycles. The molecule has 4 aromatic rings. The maximum atomic E-state index is 5.82. The number of hydrogen-bond donors (Lipinski definition) is 1. The Bertz CT molecular complexity index is 962. The summed E-state index contributed by atoms with van der Waals surface area (Å²) in [7, 11) is 0. The van der Waals surface area contributed by atoms with Crippen LogP contribution < -0.4 is 10.1 Å². The number of fused-ring (bicyclic) bond motifs is 1. The van der Waals surface area contributed by atoms with Gasteiger partial charge in [0, 0.05) is 22.0 Å². The molecule has 118 valence electrons. The van der Waals surface area contributed by atoms with E-state index in [4.69, 9.17) is 4.74 Å². The molecule has 2 aromatic carbocycles. The van der Waals surface area contributed by atoms with E-state index in [1.165, 1.54) is 10.3 Å². The van der Waals surface area contributed by atoms with Crippen LogP contribution in [-0.4, -0.2) is 4.98 Å². The Hall–Kier alpha value is -2.85. The summed E-state index contributed by atoms with van der Waals surface area (Å²) < 4.78 is 7.09. The zero-order chi connectivity index (χ0) is 16.4. The Kier molecular flexibility index (Phi) is 3.89. The van der Waals surface area contributed by atoms with E-state index in [9.17, 15) is 0 Å². The molecule has 1 N–H and O–H groups in total. The average Bonchev–Trinajstić information content (AvgIpc) is 3.11. The van der Waals surface area contributed by atoms with Crippen molar-refractivity contribution in [1.82, 2.24) is 4.98 Å². The van der Waals surface area contributed by atoms with Gasteiger partial charge >= 0.3 is 0 Å². The molecular weight excluding hydrogens is 316 g/mol. The van der Waals surface area contributed by atoms with E-state index >= 15 is 0 Å². The lowest BCUT2D eigenvalue weighted by atomic mass is 10.2. The lowest BCUT2D eigenvalue weighted by Gasteiger charge is -2.09. The number of ether oxygens (including phenoxy) is 1. The monoisotopic (exact) mass is 332 g/mol. The fourth-order valence-electron chi connectivity index (χ4n) is 2.56. The third kappa shape index (κ3) is 2.96. The number of aromatic nitrogens is 1. The second-order valence-corrected chi connectivity index (χ2v) is 6.43. The van der Waals surface area contributed by atoms with Crippen LogP contribution in [0.3, 0.4) is 0 Å². The lowest BCUT2D eigenvalue weighted by molar-refractivity contribution is 0.483. The number of hydrogen-bond acceptors (Lipinski definition) is 4. The Morgan fingerprint density at radius 1 is 0.917 bits per heavy atom. The molecule has 0 saturated carbocycles. The summed E-state index contributed by atoms with van der Waals surface area (Å²) in [4.78, 5) is 4.53. The van der Waals surface area contributed by atoms with Gasteiger partial charge in [-0.15, -0.1) is 11.3 Å². The standard InChI is InChI=1S/C20H16N2OS/c1-14-13-21-20(18-11-12-24-19(14)18)22-15-7-9-17(10-8-15)23-16-5-3-2-4-6-16/h2-13H,1H3,(H,21,22). The highest BCUT2D eigenvalue weighted by molar-refractivity contribution is 7.17. The van der Waals surface area contributed by atoms with Gasteiger partial charge in [-0.25, -0.2) is 4.98 Å². The molecule has 0 saturated heterocycles. The Balaban J connectivity index is 1.55. The van der Waals surface area contributed by atoms with Gasteiger partial charge in [-0.1, -0.05) is 18.2 Å². The molecule has 0 unspecified atom stereocenters. The Morgan fingerprint density at radius 2 is 1.67 bits per heavy atom. The smallest absolute Gasteiger partial charge is 0.139 e. The van der Waals surface area contributed by atoms with Crippen LogP contribution in [0.5, 0.6) is 11.5 Å². The van der Waals surface area contributed by atoms with Crippen LogP contribution >= 0.6 is 11.3 Å². The molecule has 2 heterocycles. The van der Waals surface area contributed by atoms with Gasteiger partial charge < -0.3 is 10.1 Å². The Labute approximate surface area is 144 Å². The van der Waals surface area contributed by atoms with Crippen molar-refractivity contribution < 1.29 is 4.74 Å². The number of thiophene rings is 1. The molecule has 0 amide bonds. The van der Waals surface area contributed by atoms with E-state index in [1.54, 1.807) is 11.3 Å². The number of pyridine rings is 1. The van der Waals surface area contributed by atoms with Crippen molar-refractivity contribution in [2.45, 2.75) is 6.92 Å². The minimum atomic E-state index is 0.810. The summed E-state index contributed by atoms with van der Waals surface area (Å²) in [5.41, 5.74) is 2.19. The summed E-state index contributed by atoms with van der Waals surface area (Å²) >= 11 is 1.74. The minimum Gasteiger partial charge on any atom is -0.457 e. The fourth-order valence-corrected chi connectivity index (χ4v) is 3.43. The summed E-state index contributed by atoms with van der Waals surface area (Å²) in [6, 6.07) is 19.8. The van der Waals surface area contributed by atoms with E-state index in [0.717, 1.165) is 28.4 Å². The Morgan fingerprint density at radius 3 is 2.46 bits per heavy atom. The lowest BCUT2D eigenvalue weighted by Crippen LogP contribution is -1.94. The van der Waals surface area contributed by atoms with Crippen LogP contribution in [0.2, 0.25) is 0 Å². The number of rotatable bonds is 4. The molecule has 0 bridgehead atoms. The zero-order valence-corrected chi connectivity index (χ0v) is 14.0. The molecule has 0 aliphatic rings. The van der Waals surface area contributed by atoms with E-state index in [2.05, 4.69) is 28.7 Å². The zero-order valence-electron chi connectivity index (χ0n) is 13.2. The van der Waals surface area contributed by atoms with Gasteiger partial charge in [-0.2, -0.15) is 0 Å². The molecule has 0 aliphatic heterocycles. The quantitative estimate of drug-likeness (QED) is 0.487. The number of nitrogens with zero attached hydrogens (tertiary/aromatic N) is 1. The first-order valence-corrected chi connectivity index (χ1v) is 8.60. The van der Waals surface area contributed by atoms with Crippen LogP contribution in [0.15, 0.2) is 72.2 Å². The van der Waals surface area contributed by atoms with Crippen LogP contribution in [0, 0.1) is 6.92 Å².